The molecule has 0 aromatic carbocycles. The summed E-state index contributed by atoms with van der Waals surface area (Å²) in [5, 5.41) is 3.20. The second-order valence-electron chi connectivity index (χ2n) is 4.00. The average molecular weight is 246 g/mol. The zero-order valence-electron chi connectivity index (χ0n) is 9.33. The average Bonchev–Trinajstić information content (AvgIpc) is 2.29. The number of hydrogen-bond donors (Lipinski definition) is 1. The highest BCUT2D eigenvalue weighted by atomic mass is 19.4. The van der Waals surface area contributed by atoms with Gasteiger partial charge in [0.05, 0.1) is 12.4 Å². The molecule has 0 amide bonds. The fourth-order valence-electron chi connectivity index (χ4n) is 1.80. The molecule has 1 fully saturated rings. The van der Waals surface area contributed by atoms with Crippen molar-refractivity contribution in [1.29, 1.82) is 0 Å². The molecule has 0 bridgehead atoms. The summed E-state index contributed by atoms with van der Waals surface area (Å²) < 4.78 is 36.9. The second-order valence-corrected chi connectivity index (χ2v) is 4.00. The predicted molar refractivity (Wildman–Crippen MR) is 56.7 cm³/mol. The van der Waals surface area contributed by atoms with Gasteiger partial charge in [0.1, 0.15) is 5.82 Å². The lowest BCUT2D eigenvalue weighted by Crippen LogP contribution is -2.50. The Morgan fingerprint density at radius 2 is 2.12 bits per heavy atom. The Bertz CT molecular complexity index is 376. The molecule has 0 radical (unpaired) electrons. The molecule has 0 aliphatic carbocycles. The minimum Gasteiger partial charge on any atom is -0.350 e. The number of hydrogen-bond acceptors (Lipinski definition) is 4. The Labute approximate surface area is 96.9 Å². The van der Waals surface area contributed by atoms with Crippen LogP contribution in [-0.2, 0) is 6.18 Å². The SMILES string of the molecule is C[C@H]1CNCCN1c1cnc(C(F)(F)F)cn1. The summed E-state index contributed by atoms with van der Waals surface area (Å²) in [6.45, 7) is 4.31. The molecule has 0 spiro atoms. The quantitative estimate of drug-likeness (QED) is 0.810. The maximum absolute atomic E-state index is 12.3. The Kier molecular flexibility index (Phi) is 3.19. The molecule has 7 heteroatoms. The van der Waals surface area contributed by atoms with Crippen LogP contribution in [0.2, 0.25) is 0 Å². The topological polar surface area (TPSA) is 41.0 Å². The Balaban J connectivity index is 2.17. The first-order chi connectivity index (χ1) is 7.98. The van der Waals surface area contributed by atoms with E-state index in [1.165, 1.54) is 6.20 Å². The number of rotatable bonds is 1. The molecular weight excluding hydrogens is 233 g/mol. The molecule has 2 rings (SSSR count). The van der Waals surface area contributed by atoms with Gasteiger partial charge in [-0.05, 0) is 6.92 Å². The zero-order valence-corrected chi connectivity index (χ0v) is 9.33. The van der Waals surface area contributed by atoms with E-state index in [1.807, 2.05) is 11.8 Å². The third kappa shape index (κ3) is 2.66. The van der Waals surface area contributed by atoms with Crippen molar-refractivity contribution < 1.29 is 13.2 Å². The van der Waals surface area contributed by atoms with Gasteiger partial charge in [0, 0.05) is 25.7 Å². The highest BCUT2D eigenvalue weighted by molar-refractivity contribution is 5.38. The van der Waals surface area contributed by atoms with E-state index in [4.69, 9.17) is 0 Å². The number of nitrogens with zero attached hydrogens (tertiary/aromatic N) is 3. The van der Waals surface area contributed by atoms with Crippen molar-refractivity contribution >= 4 is 5.82 Å². The first-order valence-corrected chi connectivity index (χ1v) is 5.35. The fraction of sp³-hybridized carbons (Fsp3) is 0.600. The van der Waals surface area contributed by atoms with Crippen LogP contribution < -0.4 is 10.2 Å². The molecule has 2 heterocycles. The molecule has 1 atom stereocenters. The van der Waals surface area contributed by atoms with Crippen molar-refractivity contribution in [1.82, 2.24) is 15.3 Å². The minimum atomic E-state index is -4.43. The molecule has 0 unspecified atom stereocenters. The van der Waals surface area contributed by atoms with Gasteiger partial charge >= 0.3 is 6.18 Å². The second kappa shape index (κ2) is 4.48. The molecule has 1 N–H and O–H groups in total. The summed E-state index contributed by atoms with van der Waals surface area (Å²) in [4.78, 5) is 9.19. The summed E-state index contributed by atoms with van der Waals surface area (Å²) in [7, 11) is 0. The maximum atomic E-state index is 12.3. The van der Waals surface area contributed by atoms with E-state index in [2.05, 4.69) is 15.3 Å². The van der Waals surface area contributed by atoms with Crippen molar-refractivity contribution in [3.63, 3.8) is 0 Å². The molecule has 1 saturated heterocycles. The summed E-state index contributed by atoms with van der Waals surface area (Å²) in [5.41, 5.74) is -0.955. The standard InChI is InChI=1S/C10H13F3N4/c1-7-4-14-2-3-17(7)9-6-15-8(5-16-9)10(11,12)13/h5-7,14H,2-4H2,1H3/t7-/m0/s1. The minimum absolute atomic E-state index is 0.204. The summed E-state index contributed by atoms with van der Waals surface area (Å²) in [6.07, 6.45) is -2.46. The third-order valence-electron chi connectivity index (χ3n) is 2.72. The van der Waals surface area contributed by atoms with Crippen LogP contribution in [0, 0.1) is 0 Å². The van der Waals surface area contributed by atoms with E-state index < -0.39 is 11.9 Å². The van der Waals surface area contributed by atoms with Crippen LogP contribution in [0.1, 0.15) is 12.6 Å². The number of nitrogens with one attached hydrogen (secondary N) is 1. The number of alkyl halides is 3. The molecule has 0 saturated carbocycles. The summed E-state index contributed by atoms with van der Waals surface area (Å²) in [6, 6.07) is 0.204. The van der Waals surface area contributed by atoms with E-state index in [0.29, 0.717) is 5.82 Å². The first kappa shape index (κ1) is 12.1. The lowest BCUT2D eigenvalue weighted by molar-refractivity contribution is -0.141. The van der Waals surface area contributed by atoms with Crippen LogP contribution in [0.5, 0.6) is 0 Å². The normalized spacial score (nSPS) is 21.6. The predicted octanol–water partition coefficient (Wildman–Crippen LogP) is 1.29. The van der Waals surface area contributed by atoms with Crippen LogP contribution in [0.25, 0.3) is 0 Å². The first-order valence-electron chi connectivity index (χ1n) is 5.35. The van der Waals surface area contributed by atoms with Crippen molar-refractivity contribution in [3.05, 3.63) is 18.1 Å². The van der Waals surface area contributed by atoms with Gasteiger partial charge in [-0.2, -0.15) is 13.2 Å². The molecule has 94 valence electrons. The van der Waals surface area contributed by atoms with E-state index in [9.17, 15) is 13.2 Å². The van der Waals surface area contributed by atoms with Gasteiger partial charge in [-0.25, -0.2) is 9.97 Å². The van der Waals surface area contributed by atoms with Gasteiger partial charge in [-0.3, -0.25) is 0 Å². The lowest BCUT2D eigenvalue weighted by Gasteiger charge is -2.34. The van der Waals surface area contributed by atoms with Gasteiger partial charge in [0.2, 0.25) is 0 Å². The smallest absolute Gasteiger partial charge is 0.350 e. The molecule has 1 aromatic heterocycles. The van der Waals surface area contributed by atoms with Crippen molar-refractivity contribution in [3.8, 4) is 0 Å². The lowest BCUT2D eigenvalue weighted by atomic mass is 10.2. The van der Waals surface area contributed by atoms with Crippen LogP contribution in [-0.4, -0.2) is 35.6 Å². The van der Waals surface area contributed by atoms with E-state index in [-0.39, 0.29) is 6.04 Å². The zero-order chi connectivity index (χ0) is 12.5. The van der Waals surface area contributed by atoms with E-state index in [0.717, 1.165) is 25.8 Å². The largest absolute Gasteiger partial charge is 0.434 e. The Morgan fingerprint density at radius 1 is 1.35 bits per heavy atom. The van der Waals surface area contributed by atoms with Gasteiger partial charge in [-0.15, -0.1) is 0 Å². The number of halogens is 3. The van der Waals surface area contributed by atoms with Crippen LogP contribution in [0.4, 0.5) is 19.0 Å². The number of piperazine rings is 1. The highest BCUT2D eigenvalue weighted by Crippen LogP contribution is 2.27. The van der Waals surface area contributed by atoms with Gasteiger partial charge < -0.3 is 10.2 Å². The van der Waals surface area contributed by atoms with Gasteiger partial charge in [0.25, 0.3) is 0 Å². The van der Waals surface area contributed by atoms with Gasteiger partial charge in [0.15, 0.2) is 5.69 Å². The van der Waals surface area contributed by atoms with Gasteiger partial charge in [-0.1, -0.05) is 0 Å². The van der Waals surface area contributed by atoms with Crippen LogP contribution in [0.3, 0.4) is 0 Å². The fourth-order valence-corrected chi connectivity index (χ4v) is 1.80. The van der Waals surface area contributed by atoms with Crippen molar-refractivity contribution in [2.75, 3.05) is 24.5 Å². The van der Waals surface area contributed by atoms with Crippen LogP contribution in [0.15, 0.2) is 12.4 Å². The summed E-state index contributed by atoms with van der Waals surface area (Å²) in [5.74, 6) is 0.493. The number of aromatic nitrogens is 2. The monoisotopic (exact) mass is 246 g/mol. The molecule has 1 aromatic rings. The number of anilines is 1. The molecule has 4 nitrogen and oxygen atoms in total. The Morgan fingerprint density at radius 3 is 2.65 bits per heavy atom. The molecular formula is C10H13F3N4. The Hall–Kier alpha value is -1.37. The third-order valence-corrected chi connectivity index (χ3v) is 2.72. The summed E-state index contributed by atoms with van der Waals surface area (Å²) >= 11 is 0. The molecule has 17 heavy (non-hydrogen) atoms. The molecule has 1 aliphatic heterocycles. The molecule has 1 aliphatic rings. The maximum Gasteiger partial charge on any atom is 0.434 e. The van der Waals surface area contributed by atoms with Crippen molar-refractivity contribution in [2.45, 2.75) is 19.1 Å². The highest BCUT2D eigenvalue weighted by Gasteiger charge is 2.33. The van der Waals surface area contributed by atoms with Crippen LogP contribution >= 0.6 is 0 Å². The van der Waals surface area contributed by atoms with E-state index in [1.54, 1.807) is 0 Å². The van der Waals surface area contributed by atoms with E-state index >= 15 is 0 Å². The van der Waals surface area contributed by atoms with Crippen molar-refractivity contribution in [2.24, 2.45) is 0 Å².